The Morgan fingerprint density at radius 3 is 2.65 bits per heavy atom. The molecule has 0 spiro atoms. The highest BCUT2D eigenvalue weighted by atomic mass is 32.2. The van der Waals surface area contributed by atoms with Crippen molar-refractivity contribution in [2.24, 2.45) is 0 Å². The van der Waals surface area contributed by atoms with Gasteiger partial charge in [0.15, 0.2) is 0 Å². The molecule has 1 atom stereocenters. The molecule has 26 heavy (non-hydrogen) atoms. The van der Waals surface area contributed by atoms with Gasteiger partial charge in [-0.2, -0.15) is 5.10 Å². The van der Waals surface area contributed by atoms with E-state index in [4.69, 9.17) is 5.10 Å². The summed E-state index contributed by atoms with van der Waals surface area (Å²) in [6, 6.07) is 19.9. The third kappa shape index (κ3) is 3.87. The number of hydrogen-bond acceptors (Lipinski definition) is 3. The summed E-state index contributed by atoms with van der Waals surface area (Å²) in [5, 5.41) is 8.44. The topological polar surface area (TPSA) is 29.9 Å². The van der Waals surface area contributed by atoms with Crippen LogP contribution >= 0.6 is 11.8 Å². The van der Waals surface area contributed by atoms with Crippen LogP contribution < -0.4 is 5.32 Å². The lowest BCUT2D eigenvalue weighted by Gasteiger charge is -2.24. The van der Waals surface area contributed by atoms with Crippen molar-refractivity contribution >= 4 is 11.8 Å². The number of fused-ring (bicyclic) bond motifs is 1. The highest BCUT2D eigenvalue weighted by molar-refractivity contribution is 7.98. The van der Waals surface area contributed by atoms with E-state index in [0.717, 1.165) is 19.5 Å². The van der Waals surface area contributed by atoms with E-state index in [1.54, 1.807) is 11.8 Å². The second kappa shape index (κ2) is 8.11. The molecule has 0 saturated carbocycles. The lowest BCUT2D eigenvalue weighted by Crippen LogP contribution is -2.25. The van der Waals surface area contributed by atoms with E-state index in [2.05, 4.69) is 77.0 Å². The molecule has 2 aromatic carbocycles. The number of aromatic nitrogens is 2. The summed E-state index contributed by atoms with van der Waals surface area (Å²) in [4.78, 5) is 1.32. The number of nitrogens with one attached hydrogen (secondary N) is 1. The molecule has 0 saturated heterocycles. The molecule has 0 amide bonds. The predicted molar refractivity (Wildman–Crippen MR) is 109 cm³/mol. The van der Waals surface area contributed by atoms with E-state index in [1.165, 1.54) is 40.1 Å². The molecule has 1 N–H and O–H groups in total. The fourth-order valence-corrected chi connectivity index (χ4v) is 4.12. The van der Waals surface area contributed by atoms with E-state index >= 15 is 0 Å². The summed E-state index contributed by atoms with van der Waals surface area (Å²) >= 11 is 1.79. The van der Waals surface area contributed by atoms with Gasteiger partial charge < -0.3 is 5.32 Å². The first-order valence-electron chi connectivity index (χ1n) is 9.28. The van der Waals surface area contributed by atoms with Gasteiger partial charge in [-0.05, 0) is 48.8 Å². The zero-order valence-electron chi connectivity index (χ0n) is 15.2. The van der Waals surface area contributed by atoms with E-state index in [0.29, 0.717) is 6.04 Å². The Hall–Kier alpha value is -2.04. The molecule has 0 radical (unpaired) electrons. The molecular formula is C22H25N3S. The largest absolute Gasteiger partial charge is 0.306 e. The molecule has 4 heteroatoms. The molecule has 1 aliphatic rings. The maximum Gasteiger partial charge on any atom is 0.0662 e. The maximum absolute atomic E-state index is 4.69. The number of hydrogen-bond donors (Lipinski definition) is 1. The van der Waals surface area contributed by atoms with Gasteiger partial charge in [-0.15, -0.1) is 11.8 Å². The number of nitrogens with zero attached hydrogens (tertiary/aromatic N) is 2. The molecule has 4 rings (SSSR count). The molecule has 1 heterocycles. The van der Waals surface area contributed by atoms with Crippen LogP contribution in [-0.2, 0) is 19.5 Å². The molecule has 0 fully saturated rings. The minimum absolute atomic E-state index is 0.406. The summed E-state index contributed by atoms with van der Waals surface area (Å²) < 4.78 is 2.19. The fourth-order valence-electron chi connectivity index (χ4n) is 3.71. The molecular weight excluding hydrogens is 338 g/mol. The van der Waals surface area contributed by atoms with Gasteiger partial charge in [-0.25, -0.2) is 0 Å². The van der Waals surface area contributed by atoms with Crippen LogP contribution in [0.3, 0.4) is 0 Å². The number of rotatable bonds is 6. The first-order valence-corrected chi connectivity index (χ1v) is 10.5. The Bertz CT molecular complexity index is 840. The fraction of sp³-hybridized carbons (Fsp3) is 0.318. The Labute approximate surface area is 159 Å². The smallest absolute Gasteiger partial charge is 0.0662 e. The molecule has 0 bridgehead atoms. The van der Waals surface area contributed by atoms with Gasteiger partial charge in [-0.1, -0.05) is 42.5 Å². The molecule has 0 unspecified atom stereocenters. The van der Waals surface area contributed by atoms with Crippen molar-refractivity contribution in [3.05, 3.63) is 83.2 Å². The quantitative estimate of drug-likeness (QED) is 0.637. The molecule has 134 valence electrons. The van der Waals surface area contributed by atoms with Crippen LogP contribution in [0.15, 0.2) is 65.7 Å². The monoisotopic (exact) mass is 363 g/mol. The van der Waals surface area contributed by atoms with Crippen LogP contribution in [0.1, 0.15) is 41.3 Å². The molecule has 1 aliphatic carbocycles. The van der Waals surface area contributed by atoms with Gasteiger partial charge in [0.2, 0.25) is 0 Å². The minimum atomic E-state index is 0.406. The highest BCUT2D eigenvalue weighted by Gasteiger charge is 2.23. The van der Waals surface area contributed by atoms with Crippen molar-refractivity contribution in [3.63, 3.8) is 0 Å². The van der Waals surface area contributed by atoms with Crippen molar-refractivity contribution in [1.29, 1.82) is 0 Å². The van der Waals surface area contributed by atoms with Crippen LogP contribution in [0.5, 0.6) is 0 Å². The van der Waals surface area contributed by atoms with Gasteiger partial charge in [0, 0.05) is 28.7 Å². The second-order valence-electron chi connectivity index (χ2n) is 6.86. The first-order chi connectivity index (χ1) is 12.8. The number of thioether (sulfide) groups is 1. The van der Waals surface area contributed by atoms with Crippen LogP contribution in [-0.4, -0.2) is 16.0 Å². The maximum atomic E-state index is 4.69. The Morgan fingerprint density at radius 2 is 1.88 bits per heavy atom. The highest BCUT2D eigenvalue weighted by Crippen LogP contribution is 2.30. The lowest BCUT2D eigenvalue weighted by atomic mass is 9.92. The SMILES string of the molecule is CSc1ccc(CN[C@H]2CCCc3c2cnn3Cc2ccccc2)cc1. The van der Waals surface area contributed by atoms with Gasteiger partial charge in [0.05, 0.1) is 12.7 Å². The minimum Gasteiger partial charge on any atom is -0.306 e. The van der Waals surface area contributed by atoms with Gasteiger partial charge >= 0.3 is 0 Å². The third-order valence-corrected chi connectivity index (χ3v) is 5.89. The van der Waals surface area contributed by atoms with Crippen LogP contribution in [0.25, 0.3) is 0 Å². The van der Waals surface area contributed by atoms with Gasteiger partial charge in [-0.3, -0.25) is 4.68 Å². The standard InChI is InChI=1S/C22H25N3S/c1-26-19-12-10-17(11-13-19)14-23-21-8-5-9-22-20(21)15-24-25(22)16-18-6-3-2-4-7-18/h2-4,6-7,10-13,15,21,23H,5,8-9,14,16H2,1H3/t21-/m0/s1. The molecule has 3 nitrogen and oxygen atoms in total. The summed E-state index contributed by atoms with van der Waals surface area (Å²) in [6.45, 7) is 1.77. The first kappa shape index (κ1) is 17.4. The van der Waals surface area contributed by atoms with E-state index in [1.807, 2.05) is 0 Å². The van der Waals surface area contributed by atoms with E-state index < -0.39 is 0 Å². The average Bonchev–Trinajstić information content (AvgIpc) is 3.11. The summed E-state index contributed by atoms with van der Waals surface area (Å²) in [5.74, 6) is 0. The van der Waals surface area contributed by atoms with Crippen molar-refractivity contribution < 1.29 is 0 Å². The Morgan fingerprint density at radius 1 is 1.08 bits per heavy atom. The normalized spacial score (nSPS) is 16.4. The van der Waals surface area contributed by atoms with E-state index in [-0.39, 0.29) is 0 Å². The van der Waals surface area contributed by atoms with Gasteiger partial charge in [0.1, 0.15) is 0 Å². The van der Waals surface area contributed by atoms with Crippen molar-refractivity contribution in [2.45, 2.75) is 43.3 Å². The number of benzene rings is 2. The summed E-state index contributed by atoms with van der Waals surface area (Å²) in [7, 11) is 0. The lowest BCUT2D eigenvalue weighted by molar-refractivity contribution is 0.449. The third-order valence-electron chi connectivity index (χ3n) is 5.15. The average molecular weight is 364 g/mol. The van der Waals surface area contributed by atoms with E-state index in [9.17, 15) is 0 Å². The van der Waals surface area contributed by atoms with Crippen molar-refractivity contribution in [3.8, 4) is 0 Å². The Kier molecular flexibility index (Phi) is 5.42. The van der Waals surface area contributed by atoms with Crippen molar-refractivity contribution in [1.82, 2.24) is 15.1 Å². The van der Waals surface area contributed by atoms with Crippen LogP contribution in [0.4, 0.5) is 0 Å². The summed E-state index contributed by atoms with van der Waals surface area (Å²) in [5.41, 5.74) is 5.43. The zero-order valence-corrected chi connectivity index (χ0v) is 16.0. The predicted octanol–water partition coefficient (Wildman–Crippen LogP) is 4.82. The molecule has 0 aliphatic heterocycles. The molecule has 1 aromatic heterocycles. The molecule has 3 aromatic rings. The zero-order chi connectivity index (χ0) is 17.8. The van der Waals surface area contributed by atoms with Crippen molar-refractivity contribution in [2.75, 3.05) is 6.26 Å². The van der Waals surface area contributed by atoms with Crippen LogP contribution in [0, 0.1) is 0 Å². The summed E-state index contributed by atoms with van der Waals surface area (Å²) in [6.07, 6.45) is 7.72. The second-order valence-corrected chi connectivity index (χ2v) is 7.74. The Balaban J connectivity index is 1.45. The van der Waals surface area contributed by atoms with Gasteiger partial charge in [0.25, 0.3) is 0 Å². The van der Waals surface area contributed by atoms with Crippen LogP contribution in [0.2, 0.25) is 0 Å².